The number of aliphatic hydroxyl groups is 1. The Morgan fingerprint density at radius 1 is 1.30 bits per heavy atom. The number of benzene rings is 1. The minimum absolute atomic E-state index is 0.0175. The van der Waals surface area contributed by atoms with Gasteiger partial charge < -0.3 is 19.9 Å². The zero-order chi connectivity index (χ0) is 17.7. The van der Waals surface area contributed by atoms with Gasteiger partial charge in [0, 0.05) is 0 Å². The molecule has 0 heterocycles. The Bertz CT molecular complexity index is 526. The molecule has 1 aromatic carbocycles. The van der Waals surface area contributed by atoms with Crippen molar-refractivity contribution in [1.82, 2.24) is 5.32 Å². The van der Waals surface area contributed by atoms with Crippen LogP contribution in [0.4, 0.5) is 18.0 Å². The zero-order valence-electron chi connectivity index (χ0n) is 13.1. The highest BCUT2D eigenvalue weighted by atomic mass is 19.4. The molecule has 0 aromatic heterocycles. The molecule has 0 radical (unpaired) electrons. The van der Waals surface area contributed by atoms with Crippen LogP contribution in [0.2, 0.25) is 0 Å². The van der Waals surface area contributed by atoms with E-state index >= 15 is 0 Å². The summed E-state index contributed by atoms with van der Waals surface area (Å²) in [5, 5.41) is 12.0. The van der Waals surface area contributed by atoms with Crippen LogP contribution in [0.1, 0.15) is 26.3 Å². The number of hydrogen-bond donors (Lipinski definition) is 2. The molecule has 0 bridgehead atoms. The predicted octanol–water partition coefficient (Wildman–Crippen LogP) is 2.97. The van der Waals surface area contributed by atoms with Gasteiger partial charge in [-0.15, -0.1) is 0 Å². The molecule has 0 saturated heterocycles. The molecule has 1 amide bonds. The highest BCUT2D eigenvalue weighted by Crippen LogP contribution is 2.31. The number of alkyl halides is 3. The minimum Gasteiger partial charge on any atom is -0.491 e. The van der Waals surface area contributed by atoms with E-state index in [1.54, 1.807) is 20.8 Å². The van der Waals surface area contributed by atoms with Gasteiger partial charge in [0.2, 0.25) is 0 Å². The largest absolute Gasteiger partial charge is 0.491 e. The second-order valence-electron chi connectivity index (χ2n) is 5.87. The third-order valence-electron chi connectivity index (χ3n) is 2.48. The summed E-state index contributed by atoms with van der Waals surface area (Å²) in [6.07, 6.45) is -6.25. The van der Waals surface area contributed by atoms with Crippen molar-refractivity contribution < 1.29 is 32.5 Å². The first kappa shape index (κ1) is 19.1. The minimum atomic E-state index is -4.46. The van der Waals surface area contributed by atoms with E-state index in [0.29, 0.717) is 0 Å². The van der Waals surface area contributed by atoms with Gasteiger partial charge in [0.1, 0.15) is 24.1 Å². The molecule has 5 nitrogen and oxygen atoms in total. The summed E-state index contributed by atoms with van der Waals surface area (Å²) in [6.45, 7) is 4.67. The number of aliphatic hydroxyl groups excluding tert-OH is 1. The highest BCUT2D eigenvalue weighted by Gasteiger charge is 2.30. The summed E-state index contributed by atoms with van der Waals surface area (Å²) in [5.41, 5.74) is -1.50. The van der Waals surface area contributed by atoms with E-state index in [1.807, 2.05) is 0 Å². The van der Waals surface area contributed by atoms with Crippen LogP contribution in [-0.4, -0.2) is 36.1 Å². The molecule has 2 N–H and O–H groups in total. The molecule has 130 valence electrons. The summed E-state index contributed by atoms with van der Waals surface area (Å²) in [6, 6.07) is 4.33. The molecule has 8 heteroatoms. The fourth-order valence-corrected chi connectivity index (χ4v) is 1.53. The van der Waals surface area contributed by atoms with Crippen molar-refractivity contribution in [1.29, 1.82) is 0 Å². The van der Waals surface area contributed by atoms with Crippen molar-refractivity contribution in [2.75, 3.05) is 13.2 Å². The summed E-state index contributed by atoms with van der Waals surface area (Å²) < 4.78 is 47.7. The third-order valence-corrected chi connectivity index (χ3v) is 2.48. The lowest BCUT2D eigenvalue weighted by atomic mass is 10.2. The second-order valence-corrected chi connectivity index (χ2v) is 5.87. The van der Waals surface area contributed by atoms with E-state index in [2.05, 4.69) is 5.32 Å². The van der Waals surface area contributed by atoms with Crippen molar-refractivity contribution >= 4 is 6.09 Å². The number of carbonyl (C=O) groups excluding carboxylic acids is 1. The predicted molar refractivity (Wildman–Crippen MR) is 77.2 cm³/mol. The number of alkyl carbamates (subject to hydrolysis) is 1. The maximum Gasteiger partial charge on any atom is 0.416 e. The maximum absolute atomic E-state index is 12.5. The van der Waals surface area contributed by atoms with Gasteiger partial charge in [-0.1, -0.05) is 6.07 Å². The zero-order valence-corrected chi connectivity index (χ0v) is 13.1. The van der Waals surface area contributed by atoms with Gasteiger partial charge in [0.25, 0.3) is 0 Å². The Morgan fingerprint density at radius 3 is 2.52 bits per heavy atom. The highest BCUT2D eigenvalue weighted by molar-refractivity contribution is 5.67. The molecule has 1 unspecified atom stereocenters. The van der Waals surface area contributed by atoms with E-state index in [1.165, 1.54) is 12.1 Å². The van der Waals surface area contributed by atoms with Crippen molar-refractivity contribution in [2.45, 2.75) is 38.7 Å². The van der Waals surface area contributed by atoms with Crippen LogP contribution in [0.3, 0.4) is 0 Å². The van der Waals surface area contributed by atoms with Crippen molar-refractivity contribution in [3.63, 3.8) is 0 Å². The average Bonchev–Trinajstić information content (AvgIpc) is 2.40. The van der Waals surface area contributed by atoms with E-state index in [4.69, 9.17) is 9.47 Å². The molecular weight excluding hydrogens is 315 g/mol. The molecule has 0 fully saturated rings. The monoisotopic (exact) mass is 335 g/mol. The van der Waals surface area contributed by atoms with Gasteiger partial charge in [0.15, 0.2) is 0 Å². The lowest BCUT2D eigenvalue weighted by Gasteiger charge is -2.20. The first-order valence-corrected chi connectivity index (χ1v) is 6.92. The van der Waals surface area contributed by atoms with Crippen LogP contribution < -0.4 is 10.1 Å². The van der Waals surface area contributed by atoms with Gasteiger partial charge >= 0.3 is 12.3 Å². The average molecular weight is 335 g/mol. The van der Waals surface area contributed by atoms with E-state index < -0.39 is 29.5 Å². The number of rotatable bonds is 5. The Hall–Kier alpha value is -1.96. The molecule has 0 aliphatic rings. The number of hydrogen-bond acceptors (Lipinski definition) is 4. The van der Waals surface area contributed by atoms with Crippen LogP contribution in [0.25, 0.3) is 0 Å². The smallest absolute Gasteiger partial charge is 0.416 e. The van der Waals surface area contributed by atoms with Crippen LogP contribution in [0, 0.1) is 0 Å². The Morgan fingerprint density at radius 2 is 1.96 bits per heavy atom. The Kier molecular flexibility index (Phi) is 6.26. The Labute approximate surface area is 132 Å². The van der Waals surface area contributed by atoms with E-state index in [-0.39, 0.29) is 18.9 Å². The SMILES string of the molecule is CC(C)(C)OC(=O)NCC(O)COc1cccc(C(F)(F)F)c1. The normalized spacial score (nSPS) is 13.3. The molecule has 23 heavy (non-hydrogen) atoms. The van der Waals surface area contributed by atoms with Gasteiger partial charge in [0.05, 0.1) is 12.1 Å². The molecule has 0 saturated carbocycles. The quantitative estimate of drug-likeness (QED) is 0.868. The molecule has 1 atom stereocenters. The van der Waals surface area contributed by atoms with E-state index in [0.717, 1.165) is 12.1 Å². The molecule has 1 rings (SSSR count). The standard InChI is InChI=1S/C15H20F3NO4/c1-14(2,3)23-13(21)19-8-11(20)9-22-12-6-4-5-10(7-12)15(16,17)18/h4-7,11,20H,8-9H2,1-3H3,(H,19,21). The van der Waals surface area contributed by atoms with Crippen molar-refractivity contribution in [2.24, 2.45) is 0 Å². The van der Waals surface area contributed by atoms with Crippen LogP contribution >= 0.6 is 0 Å². The summed E-state index contributed by atoms with van der Waals surface area (Å²) in [4.78, 5) is 11.4. The molecular formula is C15H20F3NO4. The first-order chi connectivity index (χ1) is 10.5. The lowest BCUT2D eigenvalue weighted by Crippen LogP contribution is -2.38. The number of halogens is 3. The van der Waals surface area contributed by atoms with Crippen LogP contribution in [0.5, 0.6) is 5.75 Å². The summed E-state index contributed by atoms with van der Waals surface area (Å²) in [7, 11) is 0. The fraction of sp³-hybridized carbons (Fsp3) is 0.533. The lowest BCUT2D eigenvalue weighted by molar-refractivity contribution is -0.137. The van der Waals surface area contributed by atoms with Gasteiger partial charge in [-0.25, -0.2) is 4.79 Å². The number of carbonyl (C=O) groups is 1. The second kappa shape index (κ2) is 7.54. The van der Waals surface area contributed by atoms with Crippen LogP contribution in [0.15, 0.2) is 24.3 Å². The van der Waals surface area contributed by atoms with Gasteiger partial charge in [-0.05, 0) is 39.0 Å². The van der Waals surface area contributed by atoms with Crippen molar-refractivity contribution in [3.8, 4) is 5.75 Å². The van der Waals surface area contributed by atoms with Crippen molar-refractivity contribution in [3.05, 3.63) is 29.8 Å². The molecule has 0 aliphatic carbocycles. The maximum atomic E-state index is 12.5. The third kappa shape index (κ3) is 7.73. The molecule has 1 aromatic rings. The Balaban J connectivity index is 2.42. The number of nitrogens with one attached hydrogen (secondary N) is 1. The summed E-state index contributed by atoms with van der Waals surface area (Å²) >= 11 is 0. The number of amides is 1. The van der Waals surface area contributed by atoms with Gasteiger partial charge in [-0.3, -0.25) is 0 Å². The van der Waals surface area contributed by atoms with Gasteiger partial charge in [-0.2, -0.15) is 13.2 Å². The summed E-state index contributed by atoms with van der Waals surface area (Å²) in [5.74, 6) is -0.0175. The van der Waals surface area contributed by atoms with Crippen LogP contribution in [-0.2, 0) is 10.9 Å². The number of ether oxygens (including phenoxy) is 2. The fourth-order valence-electron chi connectivity index (χ4n) is 1.53. The topological polar surface area (TPSA) is 67.8 Å². The molecule has 0 aliphatic heterocycles. The van der Waals surface area contributed by atoms with E-state index in [9.17, 15) is 23.1 Å². The first-order valence-electron chi connectivity index (χ1n) is 6.92. The molecule has 0 spiro atoms.